The summed E-state index contributed by atoms with van der Waals surface area (Å²) >= 11 is 0. The molecule has 0 spiro atoms. The molecule has 0 aliphatic carbocycles. The summed E-state index contributed by atoms with van der Waals surface area (Å²) in [6.45, 7) is 5.52. The number of carbonyl (C=O) groups is 2. The molecule has 24 heavy (non-hydrogen) atoms. The molecule has 0 saturated heterocycles. The average Bonchev–Trinajstić information content (AvgIpc) is 2.52. The van der Waals surface area contributed by atoms with E-state index in [9.17, 15) is 9.59 Å². The molecule has 2 aromatic carbocycles. The van der Waals surface area contributed by atoms with Crippen LogP contribution in [0.25, 0.3) is 0 Å². The van der Waals surface area contributed by atoms with E-state index < -0.39 is 17.5 Å². The smallest absolute Gasteiger partial charge is 0.342 e. The highest BCUT2D eigenvalue weighted by Crippen LogP contribution is 2.24. The van der Waals surface area contributed by atoms with E-state index in [0.29, 0.717) is 0 Å². The third-order valence-electron chi connectivity index (χ3n) is 3.08. The number of carbonyl (C=O) groups excluding carboxylic acids is 1. The van der Waals surface area contributed by atoms with E-state index in [1.54, 1.807) is 20.8 Å². The highest BCUT2D eigenvalue weighted by molar-refractivity contribution is 5.95. The number of hydrogen-bond donors (Lipinski definition) is 1. The predicted octanol–water partition coefficient (Wildman–Crippen LogP) is 3.92. The molecule has 5 nitrogen and oxygen atoms in total. The van der Waals surface area contributed by atoms with Crippen LogP contribution >= 0.6 is 0 Å². The average molecular weight is 328 g/mol. The Bertz CT molecular complexity index is 729. The predicted molar refractivity (Wildman–Crippen MR) is 89.3 cm³/mol. The molecule has 0 atom stereocenters. The van der Waals surface area contributed by atoms with Crippen molar-refractivity contribution in [3.05, 3.63) is 65.2 Å². The van der Waals surface area contributed by atoms with Crippen molar-refractivity contribution in [1.82, 2.24) is 0 Å². The summed E-state index contributed by atoms with van der Waals surface area (Å²) in [5.74, 6) is -1.45. The number of benzene rings is 2. The number of carboxylic acids is 1. The zero-order valence-electron chi connectivity index (χ0n) is 13.9. The van der Waals surface area contributed by atoms with Crippen LogP contribution in [0.5, 0.6) is 5.75 Å². The molecule has 0 aromatic heterocycles. The molecule has 0 aliphatic heterocycles. The molecule has 0 heterocycles. The first kappa shape index (κ1) is 17.5. The van der Waals surface area contributed by atoms with Crippen LogP contribution in [0.2, 0.25) is 0 Å². The van der Waals surface area contributed by atoms with Crippen LogP contribution in [-0.4, -0.2) is 22.6 Å². The summed E-state index contributed by atoms with van der Waals surface area (Å²) in [4.78, 5) is 23.5. The van der Waals surface area contributed by atoms with Crippen molar-refractivity contribution < 1.29 is 24.2 Å². The minimum Gasteiger partial charge on any atom is -0.488 e. The van der Waals surface area contributed by atoms with Crippen LogP contribution in [0.1, 0.15) is 47.1 Å². The monoisotopic (exact) mass is 328 g/mol. The molecular formula is C19H20O5. The first-order valence-corrected chi connectivity index (χ1v) is 7.54. The molecule has 0 unspecified atom stereocenters. The lowest BCUT2D eigenvalue weighted by Crippen LogP contribution is -2.24. The van der Waals surface area contributed by atoms with Crippen molar-refractivity contribution in [3.8, 4) is 5.75 Å². The summed E-state index contributed by atoms with van der Waals surface area (Å²) < 4.78 is 11.0. The molecule has 0 aliphatic rings. The van der Waals surface area contributed by atoms with Crippen LogP contribution in [0, 0.1) is 0 Å². The summed E-state index contributed by atoms with van der Waals surface area (Å²) in [6, 6.07) is 13.5. The minimum absolute atomic E-state index is 0.0466. The molecule has 1 N–H and O–H groups in total. The number of carboxylic acid groups (broad SMARTS) is 1. The highest BCUT2D eigenvalue weighted by Gasteiger charge is 2.22. The van der Waals surface area contributed by atoms with Gasteiger partial charge in [-0.25, -0.2) is 9.59 Å². The van der Waals surface area contributed by atoms with Gasteiger partial charge in [0.15, 0.2) is 0 Å². The van der Waals surface area contributed by atoms with Crippen molar-refractivity contribution in [1.29, 1.82) is 0 Å². The van der Waals surface area contributed by atoms with Crippen LogP contribution in [0.4, 0.5) is 0 Å². The summed E-state index contributed by atoms with van der Waals surface area (Å²) in [7, 11) is 0. The summed E-state index contributed by atoms with van der Waals surface area (Å²) in [6.07, 6.45) is 0. The molecule has 0 bridgehead atoms. The van der Waals surface area contributed by atoms with Crippen molar-refractivity contribution in [2.75, 3.05) is 0 Å². The van der Waals surface area contributed by atoms with Gasteiger partial charge in [0.05, 0.1) is 5.56 Å². The van der Waals surface area contributed by atoms with Gasteiger partial charge < -0.3 is 14.6 Å². The fourth-order valence-corrected chi connectivity index (χ4v) is 2.01. The van der Waals surface area contributed by atoms with Gasteiger partial charge in [-0.05, 0) is 44.5 Å². The number of aromatic carboxylic acids is 1. The fraction of sp³-hybridized carbons (Fsp3) is 0.263. The normalized spacial score (nSPS) is 11.0. The Kier molecular flexibility index (Phi) is 5.24. The van der Waals surface area contributed by atoms with Gasteiger partial charge in [0, 0.05) is 0 Å². The second kappa shape index (κ2) is 7.17. The van der Waals surface area contributed by atoms with Crippen LogP contribution < -0.4 is 4.74 Å². The zero-order valence-corrected chi connectivity index (χ0v) is 13.9. The second-order valence-electron chi connectivity index (χ2n) is 6.29. The number of ether oxygens (including phenoxy) is 2. The Balaban J connectivity index is 2.29. The van der Waals surface area contributed by atoms with Gasteiger partial charge in [0.25, 0.3) is 0 Å². The van der Waals surface area contributed by atoms with Gasteiger partial charge in [-0.1, -0.05) is 30.3 Å². The Labute approximate surface area is 140 Å². The summed E-state index contributed by atoms with van der Waals surface area (Å²) in [5.41, 5.74) is 0.504. The number of hydrogen-bond acceptors (Lipinski definition) is 4. The molecule has 0 amide bonds. The van der Waals surface area contributed by atoms with Crippen LogP contribution in [0.3, 0.4) is 0 Å². The van der Waals surface area contributed by atoms with E-state index in [1.807, 2.05) is 30.3 Å². The second-order valence-corrected chi connectivity index (χ2v) is 6.29. The van der Waals surface area contributed by atoms with Gasteiger partial charge >= 0.3 is 11.9 Å². The van der Waals surface area contributed by atoms with E-state index in [4.69, 9.17) is 14.6 Å². The molecular weight excluding hydrogens is 308 g/mol. The number of rotatable bonds is 5. The van der Waals surface area contributed by atoms with Gasteiger partial charge in [0.1, 0.15) is 23.5 Å². The largest absolute Gasteiger partial charge is 0.488 e. The quantitative estimate of drug-likeness (QED) is 0.842. The third-order valence-corrected chi connectivity index (χ3v) is 3.08. The maximum atomic E-state index is 12.3. The topological polar surface area (TPSA) is 72.8 Å². The highest BCUT2D eigenvalue weighted by atomic mass is 16.6. The van der Waals surface area contributed by atoms with E-state index in [-0.39, 0.29) is 23.5 Å². The Morgan fingerprint density at radius 3 is 2.29 bits per heavy atom. The van der Waals surface area contributed by atoms with Crippen LogP contribution in [-0.2, 0) is 11.3 Å². The molecule has 126 valence electrons. The fourth-order valence-electron chi connectivity index (χ4n) is 2.01. The summed E-state index contributed by atoms with van der Waals surface area (Å²) in [5, 5.41) is 9.14. The van der Waals surface area contributed by atoms with E-state index >= 15 is 0 Å². The Morgan fingerprint density at radius 1 is 1.04 bits per heavy atom. The minimum atomic E-state index is -1.09. The maximum absolute atomic E-state index is 12.3. The molecule has 2 rings (SSSR count). The zero-order chi connectivity index (χ0) is 17.7. The first-order chi connectivity index (χ1) is 11.3. The van der Waals surface area contributed by atoms with Crippen molar-refractivity contribution in [2.24, 2.45) is 0 Å². The molecule has 0 radical (unpaired) electrons. The molecule has 0 fully saturated rings. The van der Waals surface area contributed by atoms with Crippen LogP contribution in [0.15, 0.2) is 48.5 Å². The lowest BCUT2D eigenvalue weighted by molar-refractivity contribution is 0.00650. The molecule has 5 heteroatoms. The van der Waals surface area contributed by atoms with Crippen molar-refractivity contribution in [2.45, 2.75) is 33.0 Å². The van der Waals surface area contributed by atoms with Crippen molar-refractivity contribution >= 4 is 11.9 Å². The molecule has 0 saturated carbocycles. The van der Waals surface area contributed by atoms with E-state index in [0.717, 1.165) is 5.56 Å². The Hall–Kier alpha value is -2.82. The standard InChI is InChI=1S/C19H20O5/c1-19(2,3)24-18(22)15-10-9-14(17(20)21)11-16(15)23-12-13-7-5-4-6-8-13/h4-11H,12H2,1-3H3,(H,20,21). The SMILES string of the molecule is CC(C)(C)OC(=O)c1ccc(C(=O)O)cc1OCc1ccccc1. The van der Waals surface area contributed by atoms with E-state index in [1.165, 1.54) is 18.2 Å². The van der Waals surface area contributed by atoms with Crippen molar-refractivity contribution in [3.63, 3.8) is 0 Å². The van der Waals surface area contributed by atoms with E-state index in [2.05, 4.69) is 0 Å². The lowest BCUT2D eigenvalue weighted by atomic mass is 10.1. The van der Waals surface area contributed by atoms with Gasteiger partial charge in [-0.3, -0.25) is 0 Å². The molecule has 2 aromatic rings. The van der Waals surface area contributed by atoms with Gasteiger partial charge in [-0.15, -0.1) is 0 Å². The van der Waals surface area contributed by atoms with Gasteiger partial charge in [0.2, 0.25) is 0 Å². The maximum Gasteiger partial charge on any atom is 0.342 e. The van der Waals surface area contributed by atoms with Gasteiger partial charge in [-0.2, -0.15) is 0 Å². The lowest BCUT2D eigenvalue weighted by Gasteiger charge is -2.20. The first-order valence-electron chi connectivity index (χ1n) is 7.54. The number of esters is 1. The third kappa shape index (κ3) is 4.84. The Morgan fingerprint density at radius 2 is 1.71 bits per heavy atom.